The maximum atomic E-state index is 11.7. The Labute approximate surface area is 89.0 Å². The summed E-state index contributed by atoms with van der Waals surface area (Å²) < 4.78 is 10.7. The molecule has 1 aromatic rings. The van der Waals surface area contributed by atoms with E-state index < -0.39 is 0 Å². The molecule has 0 radical (unpaired) electrons. The number of carbonyl (C=O) groups excluding carboxylic acids is 1. The summed E-state index contributed by atoms with van der Waals surface area (Å²) in [6.45, 7) is 2.50. The lowest BCUT2D eigenvalue weighted by Crippen LogP contribution is -2.16. The molecule has 3 heteroatoms. The zero-order chi connectivity index (χ0) is 10.8. The van der Waals surface area contributed by atoms with E-state index in [1.807, 2.05) is 12.1 Å². The number of fused-ring (bicyclic) bond motifs is 1. The first-order valence-electron chi connectivity index (χ1n) is 5.13. The quantitative estimate of drug-likeness (QED) is 0.744. The largest absolute Gasteiger partial charge is 0.493 e. The number of aryl methyl sites for hydroxylation is 1. The van der Waals surface area contributed by atoms with Crippen molar-refractivity contribution in [3.05, 3.63) is 23.3 Å². The SMILES string of the molecule is CCc1cc(OC)c2c(c1)C(=O)CCO2. The summed E-state index contributed by atoms with van der Waals surface area (Å²) >= 11 is 0. The molecule has 0 fully saturated rings. The lowest BCUT2D eigenvalue weighted by molar-refractivity contribution is 0.0930. The molecule has 0 saturated heterocycles. The van der Waals surface area contributed by atoms with Gasteiger partial charge in [-0.2, -0.15) is 0 Å². The van der Waals surface area contributed by atoms with Gasteiger partial charge >= 0.3 is 0 Å². The second-order valence-electron chi connectivity index (χ2n) is 3.55. The molecule has 0 saturated carbocycles. The van der Waals surface area contributed by atoms with Gasteiger partial charge in [-0.25, -0.2) is 0 Å². The van der Waals surface area contributed by atoms with Crippen molar-refractivity contribution < 1.29 is 14.3 Å². The van der Waals surface area contributed by atoms with E-state index >= 15 is 0 Å². The van der Waals surface area contributed by atoms with Crippen LogP contribution in [0.2, 0.25) is 0 Å². The minimum Gasteiger partial charge on any atom is -0.493 e. The average molecular weight is 206 g/mol. The van der Waals surface area contributed by atoms with Gasteiger partial charge in [-0.1, -0.05) is 6.92 Å². The Morgan fingerprint density at radius 3 is 2.93 bits per heavy atom. The molecule has 3 nitrogen and oxygen atoms in total. The fourth-order valence-electron chi connectivity index (χ4n) is 1.75. The van der Waals surface area contributed by atoms with E-state index in [2.05, 4.69) is 6.92 Å². The highest BCUT2D eigenvalue weighted by Gasteiger charge is 2.22. The van der Waals surface area contributed by atoms with E-state index in [1.165, 1.54) is 0 Å². The normalized spacial score (nSPS) is 14.4. The molecule has 1 heterocycles. The van der Waals surface area contributed by atoms with Crippen molar-refractivity contribution in [3.63, 3.8) is 0 Å². The van der Waals surface area contributed by atoms with Gasteiger partial charge in [0, 0.05) is 6.42 Å². The van der Waals surface area contributed by atoms with Gasteiger partial charge in [0.15, 0.2) is 17.3 Å². The van der Waals surface area contributed by atoms with Crippen molar-refractivity contribution in [3.8, 4) is 11.5 Å². The molecule has 0 amide bonds. The highest BCUT2D eigenvalue weighted by atomic mass is 16.5. The summed E-state index contributed by atoms with van der Waals surface area (Å²) in [5, 5.41) is 0. The first kappa shape index (κ1) is 10.0. The monoisotopic (exact) mass is 206 g/mol. The molecule has 0 aliphatic carbocycles. The van der Waals surface area contributed by atoms with Crippen LogP contribution in [0.25, 0.3) is 0 Å². The fourth-order valence-corrected chi connectivity index (χ4v) is 1.75. The minimum absolute atomic E-state index is 0.143. The molecular weight excluding hydrogens is 192 g/mol. The summed E-state index contributed by atoms with van der Waals surface area (Å²) in [6.07, 6.45) is 1.35. The number of hydrogen-bond acceptors (Lipinski definition) is 3. The van der Waals surface area contributed by atoms with Crippen LogP contribution < -0.4 is 9.47 Å². The number of hydrogen-bond donors (Lipinski definition) is 0. The van der Waals surface area contributed by atoms with E-state index in [9.17, 15) is 4.79 Å². The van der Waals surface area contributed by atoms with Crippen molar-refractivity contribution in [2.45, 2.75) is 19.8 Å². The molecule has 0 bridgehead atoms. The number of Topliss-reactive ketones (excluding diaryl/α,β-unsaturated/α-hetero) is 1. The second-order valence-corrected chi connectivity index (χ2v) is 3.55. The van der Waals surface area contributed by atoms with Crippen LogP contribution in [-0.2, 0) is 6.42 Å². The van der Waals surface area contributed by atoms with Gasteiger partial charge in [0.25, 0.3) is 0 Å². The first-order valence-corrected chi connectivity index (χ1v) is 5.13. The molecule has 1 aliphatic rings. The Hall–Kier alpha value is -1.51. The van der Waals surface area contributed by atoms with Crippen LogP contribution in [-0.4, -0.2) is 19.5 Å². The van der Waals surface area contributed by atoms with Gasteiger partial charge in [0.05, 0.1) is 19.3 Å². The Morgan fingerprint density at radius 1 is 1.47 bits per heavy atom. The van der Waals surface area contributed by atoms with Crippen molar-refractivity contribution in [1.82, 2.24) is 0 Å². The summed E-state index contributed by atoms with van der Waals surface area (Å²) in [4.78, 5) is 11.7. The third-order valence-electron chi connectivity index (χ3n) is 2.62. The van der Waals surface area contributed by atoms with Gasteiger partial charge in [0.2, 0.25) is 0 Å². The zero-order valence-electron chi connectivity index (χ0n) is 9.00. The molecule has 0 unspecified atom stereocenters. The number of carbonyl (C=O) groups is 1. The predicted molar refractivity (Wildman–Crippen MR) is 56.8 cm³/mol. The molecule has 2 rings (SSSR count). The summed E-state index contributed by atoms with van der Waals surface area (Å²) in [6, 6.07) is 3.83. The average Bonchev–Trinajstić information content (AvgIpc) is 2.28. The van der Waals surface area contributed by atoms with Crippen LogP contribution in [0, 0.1) is 0 Å². The lowest BCUT2D eigenvalue weighted by Gasteiger charge is -2.19. The number of ketones is 1. The number of rotatable bonds is 2. The molecule has 0 aromatic heterocycles. The van der Waals surface area contributed by atoms with E-state index in [0.29, 0.717) is 30.1 Å². The Morgan fingerprint density at radius 2 is 2.27 bits per heavy atom. The topological polar surface area (TPSA) is 35.5 Å². The van der Waals surface area contributed by atoms with Crippen LogP contribution >= 0.6 is 0 Å². The predicted octanol–water partition coefficient (Wildman–Crippen LogP) is 2.22. The summed E-state index contributed by atoms with van der Waals surface area (Å²) in [5.41, 5.74) is 1.77. The molecule has 0 N–H and O–H groups in total. The molecule has 0 spiro atoms. The van der Waals surface area contributed by atoms with Crippen molar-refractivity contribution >= 4 is 5.78 Å². The number of benzene rings is 1. The smallest absolute Gasteiger partial charge is 0.171 e. The molecule has 1 aromatic carbocycles. The van der Waals surface area contributed by atoms with E-state index in [-0.39, 0.29) is 5.78 Å². The van der Waals surface area contributed by atoms with E-state index in [1.54, 1.807) is 7.11 Å². The lowest BCUT2D eigenvalue weighted by atomic mass is 10.0. The van der Waals surface area contributed by atoms with Crippen LogP contribution in [0.15, 0.2) is 12.1 Å². The summed E-state index contributed by atoms with van der Waals surface area (Å²) in [7, 11) is 1.59. The van der Waals surface area contributed by atoms with Crippen LogP contribution in [0.1, 0.15) is 29.3 Å². The standard InChI is InChI=1S/C12H14O3/c1-3-8-6-9-10(13)4-5-15-12(9)11(7-8)14-2/h6-7H,3-5H2,1-2H3. The first-order chi connectivity index (χ1) is 7.26. The van der Waals surface area contributed by atoms with E-state index in [0.717, 1.165) is 12.0 Å². The summed E-state index contributed by atoms with van der Waals surface area (Å²) in [5.74, 6) is 1.41. The fraction of sp³-hybridized carbons (Fsp3) is 0.417. The third-order valence-corrected chi connectivity index (χ3v) is 2.62. The van der Waals surface area contributed by atoms with Gasteiger partial charge < -0.3 is 9.47 Å². The van der Waals surface area contributed by atoms with Gasteiger partial charge in [0.1, 0.15) is 0 Å². The molecule has 80 valence electrons. The van der Waals surface area contributed by atoms with Crippen LogP contribution in [0.5, 0.6) is 11.5 Å². The second kappa shape index (κ2) is 3.93. The van der Waals surface area contributed by atoms with Gasteiger partial charge in [-0.3, -0.25) is 4.79 Å². The molecular formula is C12H14O3. The maximum absolute atomic E-state index is 11.7. The highest BCUT2D eigenvalue weighted by Crippen LogP contribution is 2.36. The van der Waals surface area contributed by atoms with Crippen molar-refractivity contribution in [2.24, 2.45) is 0 Å². The molecule has 15 heavy (non-hydrogen) atoms. The Balaban J connectivity index is 2.57. The zero-order valence-corrected chi connectivity index (χ0v) is 9.00. The number of methoxy groups -OCH3 is 1. The van der Waals surface area contributed by atoms with E-state index in [4.69, 9.17) is 9.47 Å². The van der Waals surface area contributed by atoms with Gasteiger partial charge in [-0.05, 0) is 24.1 Å². The van der Waals surface area contributed by atoms with Gasteiger partial charge in [-0.15, -0.1) is 0 Å². The number of ether oxygens (including phenoxy) is 2. The van der Waals surface area contributed by atoms with Crippen LogP contribution in [0.4, 0.5) is 0 Å². The maximum Gasteiger partial charge on any atom is 0.171 e. The highest BCUT2D eigenvalue weighted by molar-refractivity contribution is 6.00. The third kappa shape index (κ3) is 1.69. The minimum atomic E-state index is 0.143. The molecule has 1 aliphatic heterocycles. The van der Waals surface area contributed by atoms with Crippen molar-refractivity contribution in [1.29, 1.82) is 0 Å². The Bertz CT molecular complexity index is 396. The Kier molecular flexibility index (Phi) is 2.62. The van der Waals surface area contributed by atoms with Crippen LogP contribution in [0.3, 0.4) is 0 Å². The van der Waals surface area contributed by atoms with Crippen molar-refractivity contribution in [2.75, 3.05) is 13.7 Å². The molecule has 0 atom stereocenters.